The molecule has 1 atom stereocenters. The van der Waals surface area contributed by atoms with Gasteiger partial charge in [0, 0.05) is 13.0 Å². The highest BCUT2D eigenvalue weighted by Gasteiger charge is 2.31. The molecule has 0 aromatic rings. The minimum Gasteiger partial charge on any atom is -0.467 e. The Labute approximate surface area is 127 Å². The minimum atomic E-state index is -1.13. The Morgan fingerprint density at radius 3 is 2.14 bits per heavy atom. The highest BCUT2D eigenvalue weighted by Crippen LogP contribution is 2.10. The SMILES string of the molecule is COC(=O)/C=C/C[C@@H](C(=O)OC)N(COC(C)=O)C(=O)OC. The molecule has 124 valence electrons. The van der Waals surface area contributed by atoms with Gasteiger partial charge in [-0.25, -0.2) is 14.4 Å². The molecular formula is C13H19NO8. The van der Waals surface area contributed by atoms with E-state index in [1.807, 2.05) is 0 Å². The summed E-state index contributed by atoms with van der Waals surface area (Å²) in [7, 11) is 3.45. The van der Waals surface area contributed by atoms with Crippen LogP contribution in [0.1, 0.15) is 13.3 Å². The first-order valence-electron chi connectivity index (χ1n) is 6.17. The Balaban J connectivity index is 5.15. The van der Waals surface area contributed by atoms with Crippen molar-refractivity contribution in [2.24, 2.45) is 0 Å². The van der Waals surface area contributed by atoms with Crippen LogP contribution in [0.25, 0.3) is 0 Å². The fourth-order valence-electron chi connectivity index (χ4n) is 1.40. The lowest BCUT2D eigenvalue weighted by Gasteiger charge is -2.27. The number of hydrogen-bond donors (Lipinski definition) is 0. The molecule has 0 aliphatic carbocycles. The summed E-state index contributed by atoms with van der Waals surface area (Å²) < 4.78 is 18.3. The Morgan fingerprint density at radius 2 is 1.68 bits per heavy atom. The van der Waals surface area contributed by atoms with Gasteiger partial charge in [0.15, 0.2) is 6.73 Å². The molecule has 0 aromatic heterocycles. The van der Waals surface area contributed by atoms with Crippen molar-refractivity contribution in [1.29, 1.82) is 0 Å². The van der Waals surface area contributed by atoms with Crippen LogP contribution in [0.2, 0.25) is 0 Å². The van der Waals surface area contributed by atoms with Crippen LogP contribution in [0.15, 0.2) is 12.2 Å². The second kappa shape index (κ2) is 10.2. The van der Waals surface area contributed by atoms with Gasteiger partial charge in [0.2, 0.25) is 0 Å². The number of hydrogen-bond acceptors (Lipinski definition) is 8. The van der Waals surface area contributed by atoms with E-state index in [2.05, 4.69) is 14.2 Å². The summed E-state index contributed by atoms with van der Waals surface area (Å²) in [6.07, 6.45) is 1.48. The molecule has 0 rings (SSSR count). The number of amides is 1. The van der Waals surface area contributed by atoms with Crippen molar-refractivity contribution in [1.82, 2.24) is 4.90 Å². The second-order valence-corrected chi connectivity index (χ2v) is 3.91. The van der Waals surface area contributed by atoms with Gasteiger partial charge in [0.05, 0.1) is 21.3 Å². The summed E-state index contributed by atoms with van der Waals surface area (Å²) >= 11 is 0. The molecule has 9 nitrogen and oxygen atoms in total. The van der Waals surface area contributed by atoms with Gasteiger partial charge < -0.3 is 18.9 Å². The standard InChI is InChI=1S/C13H19NO8/c1-9(15)22-8-14(13(18)21-4)10(12(17)20-3)6-5-7-11(16)19-2/h5,7,10H,6,8H2,1-4H3/b7-5+/t10-/m0/s1. The van der Waals surface area contributed by atoms with Crippen molar-refractivity contribution in [2.45, 2.75) is 19.4 Å². The first-order valence-corrected chi connectivity index (χ1v) is 6.17. The molecule has 0 aromatic carbocycles. The highest BCUT2D eigenvalue weighted by molar-refractivity contribution is 5.83. The van der Waals surface area contributed by atoms with Crippen LogP contribution in [-0.2, 0) is 33.3 Å². The van der Waals surface area contributed by atoms with E-state index in [0.717, 1.165) is 32.1 Å². The lowest BCUT2D eigenvalue weighted by molar-refractivity contribution is -0.154. The molecule has 1 amide bonds. The van der Waals surface area contributed by atoms with Gasteiger partial charge in [-0.2, -0.15) is 0 Å². The Kier molecular flexibility index (Phi) is 9.00. The van der Waals surface area contributed by atoms with Crippen LogP contribution >= 0.6 is 0 Å². The monoisotopic (exact) mass is 317 g/mol. The van der Waals surface area contributed by atoms with E-state index < -0.39 is 36.8 Å². The third-order valence-corrected chi connectivity index (χ3v) is 2.48. The summed E-state index contributed by atoms with van der Waals surface area (Å²) in [5.41, 5.74) is 0. The van der Waals surface area contributed by atoms with Crippen molar-refractivity contribution in [2.75, 3.05) is 28.1 Å². The van der Waals surface area contributed by atoms with Gasteiger partial charge in [-0.15, -0.1) is 0 Å². The lowest BCUT2D eigenvalue weighted by atomic mass is 10.2. The largest absolute Gasteiger partial charge is 0.467 e. The molecule has 0 bridgehead atoms. The van der Waals surface area contributed by atoms with E-state index in [4.69, 9.17) is 4.74 Å². The normalized spacial score (nSPS) is 11.5. The van der Waals surface area contributed by atoms with E-state index in [-0.39, 0.29) is 6.42 Å². The molecule has 0 unspecified atom stereocenters. The van der Waals surface area contributed by atoms with Crippen LogP contribution in [-0.4, -0.2) is 63.0 Å². The van der Waals surface area contributed by atoms with Crippen LogP contribution in [0, 0.1) is 0 Å². The Morgan fingerprint density at radius 1 is 1.05 bits per heavy atom. The van der Waals surface area contributed by atoms with E-state index in [1.54, 1.807) is 0 Å². The number of esters is 3. The van der Waals surface area contributed by atoms with E-state index in [9.17, 15) is 19.2 Å². The molecule has 0 N–H and O–H groups in total. The van der Waals surface area contributed by atoms with Gasteiger partial charge in [-0.3, -0.25) is 9.69 Å². The summed E-state index contributed by atoms with van der Waals surface area (Å²) in [5.74, 6) is -2.01. The maximum Gasteiger partial charge on any atom is 0.412 e. The molecule has 0 fully saturated rings. The molecule has 0 radical (unpaired) electrons. The topological polar surface area (TPSA) is 108 Å². The van der Waals surface area contributed by atoms with Crippen molar-refractivity contribution in [3.05, 3.63) is 12.2 Å². The molecular weight excluding hydrogens is 298 g/mol. The molecule has 0 saturated carbocycles. The molecule has 0 heterocycles. The molecule has 9 heteroatoms. The molecule has 0 aliphatic rings. The van der Waals surface area contributed by atoms with Crippen molar-refractivity contribution < 1.29 is 38.1 Å². The predicted molar refractivity (Wildman–Crippen MR) is 72.5 cm³/mol. The van der Waals surface area contributed by atoms with Crippen molar-refractivity contribution >= 4 is 24.0 Å². The fraction of sp³-hybridized carbons (Fsp3) is 0.538. The number of rotatable bonds is 7. The van der Waals surface area contributed by atoms with Crippen LogP contribution in [0.5, 0.6) is 0 Å². The number of ether oxygens (including phenoxy) is 4. The third kappa shape index (κ3) is 6.73. The number of nitrogens with zero attached hydrogens (tertiary/aromatic N) is 1. The molecule has 0 aliphatic heterocycles. The van der Waals surface area contributed by atoms with Gasteiger partial charge >= 0.3 is 24.0 Å². The van der Waals surface area contributed by atoms with E-state index >= 15 is 0 Å². The third-order valence-electron chi connectivity index (χ3n) is 2.48. The molecule has 0 saturated heterocycles. The van der Waals surface area contributed by atoms with Gasteiger partial charge in [-0.05, 0) is 6.42 Å². The Bertz CT molecular complexity index is 445. The summed E-state index contributed by atoms with van der Waals surface area (Å²) in [6.45, 7) is 0.660. The highest BCUT2D eigenvalue weighted by atomic mass is 16.6. The zero-order chi connectivity index (χ0) is 17.1. The quantitative estimate of drug-likeness (QED) is 0.284. The number of methoxy groups -OCH3 is 3. The van der Waals surface area contributed by atoms with E-state index in [0.29, 0.717) is 0 Å². The van der Waals surface area contributed by atoms with Gasteiger partial charge in [-0.1, -0.05) is 6.08 Å². The summed E-state index contributed by atoms with van der Waals surface area (Å²) in [6, 6.07) is -1.13. The summed E-state index contributed by atoms with van der Waals surface area (Å²) in [4.78, 5) is 46.3. The maximum atomic E-state index is 11.8. The number of carbonyl (C=O) groups excluding carboxylic acids is 4. The van der Waals surface area contributed by atoms with E-state index in [1.165, 1.54) is 13.2 Å². The summed E-state index contributed by atoms with van der Waals surface area (Å²) in [5, 5.41) is 0. The number of carbonyl (C=O) groups is 4. The smallest absolute Gasteiger partial charge is 0.412 e. The molecule has 22 heavy (non-hydrogen) atoms. The zero-order valence-electron chi connectivity index (χ0n) is 12.9. The van der Waals surface area contributed by atoms with Crippen LogP contribution < -0.4 is 0 Å². The van der Waals surface area contributed by atoms with Gasteiger partial charge in [0.1, 0.15) is 6.04 Å². The zero-order valence-corrected chi connectivity index (χ0v) is 12.9. The average molecular weight is 317 g/mol. The second-order valence-electron chi connectivity index (χ2n) is 3.91. The molecule has 0 spiro atoms. The van der Waals surface area contributed by atoms with Gasteiger partial charge in [0.25, 0.3) is 0 Å². The first kappa shape index (κ1) is 19.4. The first-order chi connectivity index (χ1) is 10.4. The minimum absolute atomic E-state index is 0.0574. The van der Waals surface area contributed by atoms with Crippen molar-refractivity contribution in [3.8, 4) is 0 Å². The lowest BCUT2D eigenvalue weighted by Crippen LogP contribution is -2.46. The predicted octanol–water partition coefficient (Wildman–Crippen LogP) is 0.236. The van der Waals surface area contributed by atoms with Crippen LogP contribution in [0.4, 0.5) is 4.79 Å². The fourth-order valence-corrected chi connectivity index (χ4v) is 1.40. The van der Waals surface area contributed by atoms with Crippen LogP contribution in [0.3, 0.4) is 0 Å². The maximum absolute atomic E-state index is 11.8. The van der Waals surface area contributed by atoms with Crippen molar-refractivity contribution in [3.63, 3.8) is 0 Å². The average Bonchev–Trinajstić information content (AvgIpc) is 2.51. The Hall–Kier alpha value is -2.58.